The van der Waals surface area contributed by atoms with Crippen molar-refractivity contribution in [3.63, 3.8) is 0 Å². The minimum Gasteiger partial charge on any atom is -0.507 e. The molecule has 16 heavy (non-hydrogen) atoms. The Morgan fingerprint density at radius 2 is 1.81 bits per heavy atom. The van der Waals surface area contributed by atoms with Crippen LogP contribution in [0.5, 0.6) is 11.5 Å². The van der Waals surface area contributed by atoms with Crippen LogP contribution in [0.4, 0.5) is 0 Å². The van der Waals surface area contributed by atoms with E-state index in [1.165, 1.54) is 13.2 Å². The lowest BCUT2D eigenvalue weighted by atomic mass is 9.85. The summed E-state index contributed by atoms with van der Waals surface area (Å²) in [6.45, 7) is 5.71. The fourth-order valence-electron chi connectivity index (χ4n) is 1.49. The van der Waals surface area contributed by atoms with Gasteiger partial charge in [-0.05, 0) is 11.5 Å². The van der Waals surface area contributed by atoms with Crippen molar-refractivity contribution in [2.75, 3.05) is 7.11 Å². The molecule has 4 nitrogen and oxygen atoms in total. The average Bonchev–Trinajstić information content (AvgIpc) is 2.15. The molecular weight excluding hydrogens is 208 g/mol. The lowest BCUT2D eigenvalue weighted by Gasteiger charge is -2.21. The van der Waals surface area contributed by atoms with E-state index in [-0.39, 0.29) is 22.5 Å². The van der Waals surface area contributed by atoms with Gasteiger partial charge in [-0.3, -0.25) is 0 Å². The largest absolute Gasteiger partial charge is 0.507 e. The molecule has 0 aliphatic heterocycles. The molecule has 0 saturated carbocycles. The molecule has 0 saturated heterocycles. The third kappa shape index (κ3) is 2.10. The maximum atomic E-state index is 11.4. The Morgan fingerprint density at radius 1 is 1.25 bits per heavy atom. The highest BCUT2D eigenvalue weighted by Crippen LogP contribution is 2.37. The predicted octanol–water partition coefficient (Wildman–Crippen LogP) is 2.18. The first-order valence-electron chi connectivity index (χ1n) is 4.92. The van der Waals surface area contributed by atoms with Gasteiger partial charge in [-0.2, -0.15) is 0 Å². The quantitative estimate of drug-likeness (QED) is 0.717. The Balaban J connectivity index is 3.45. The Labute approximate surface area is 94.5 Å². The molecule has 0 amide bonds. The SMILES string of the molecule is COC(=O)c1c(O)ccc(C(C)(C)C)c1O. The zero-order valence-corrected chi connectivity index (χ0v) is 9.87. The van der Waals surface area contributed by atoms with Gasteiger partial charge >= 0.3 is 5.97 Å². The molecule has 0 atom stereocenters. The number of aromatic hydroxyl groups is 2. The zero-order valence-electron chi connectivity index (χ0n) is 9.87. The highest BCUT2D eigenvalue weighted by atomic mass is 16.5. The van der Waals surface area contributed by atoms with Crippen LogP contribution in [0.25, 0.3) is 0 Å². The fraction of sp³-hybridized carbons (Fsp3) is 0.417. The Kier molecular flexibility index (Phi) is 3.12. The number of phenols is 2. The van der Waals surface area contributed by atoms with E-state index >= 15 is 0 Å². The van der Waals surface area contributed by atoms with Crippen molar-refractivity contribution in [1.29, 1.82) is 0 Å². The third-order valence-electron chi connectivity index (χ3n) is 2.35. The van der Waals surface area contributed by atoms with E-state index in [1.54, 1.807) is 6.07 Å². The minimum atomic E-state index is -0.749. The lowest BCUT2D eigenvalue weighted by molar-refractivity contribution is 0.0593. The van der Waals surface area contributed by atoms with Crippen LogP contribution in [0.2, 0.25) is 0 Å². The van der Waals surface area contributed by atoms with Gasteiger partial charge in [0.1, 0.15) is 17.1 Å². The molecular formula is C12H16O4. The molecule has 0 aromatic heterocycles. The van der Waals surface area contributed by atoms with Crippen LogP contribution in [0.15, 0.2) is 12.1 Å². The van der Waals surface area contributed by atoms with Crippen molar-refractivity contribution >= 4 is 5.97 Å². The second-order valence-electron chi connectivity index (χ2n) is 4.60. The second-order valence-corrected chi connectivity index (χ2v) is 4.60. The van der Waals surface area contributed by atoms with Crippen LogP contribution >= 0.6 is 0 Å². The Hall–Kier alpha value is -1.71. The maximum Gasteiger partial charge on any atom is 0.345 e. The Morgan fingerprint density at radius 3 is 2.25 bits per heavy atom. The Bertz CT molecular complexity index is 416. The normalized spacial score (nSPS) is 11.2. The topological polar surface area (TPSA) is 66.8 Å². The standard InChI is InChI=1S/C12H16O4/c1-12(2,3)7-5-6-8(13)9(10(7)14)11(15)16-4/h5-6,13-14H,1-4H3. The smallest absolute Gasteiger partial charge is 0.345 e. The number of carbonyl (C=O) groups is 1. The predicted molar refractivity (Wildman–Crippen MR) is 59.8 cm³/mol. The number of esters is 1. The number of methoxy groups -OCH3 is 1. The molecule has 1 aromatic rings. The molecule has 0 unspecified atom stereocenters. The van der Waals surface area contributed by atoms with E-state index in [2.05, 4.69) is 4.74 Å². The van der Waals surface area contributed by atoms with Crippen molar-refractivity contribution < 1.29 is 19.7 Å². The first kappa shape index (κ1) is 12.4. The van der Waals surface area contributed by atoms with Crippen molar-refractivity contribution in [3.8, 4) is 11.5 Å². The summed E-state index contributed by atoms with van der Waals surface area (Å²) in [6, 6.07) is 2.98. The minimum absolute atomic E-state index is 0.185. The van der Waals surface area contributed by atoms with Crippen LogP contribution in [-0.2, 0) is 10.2 Å². The molecule has 0 heterocycles. The first-order chi connectivity index (χ1) is 7.29. The molecule has 1 rings (SSSR count). The molecule has 0 aliphatic carbocycles. The number of carbonyl (C=O) groups excluding carboxylic acids is 1. The number of hydrogen-bond donors (Lipinski definition) is 2. The van der Waals surface area contributed by atoms with Gasteiger partial charge in [-0.25, -0.2) is 4.79 Å². The number of rotatable bonds is 1. The van der Waals surface area contributed by atoms with Gasteiger partial charge in [-0.1, -0.05) is 26.8 Å². The van der Waals surface area contributed by atoms with Crippen LogP contribution in [-0.4, -0.2) is 23.3 Å². The maximum absolute atomic E-state index is 11.4. The van der Waals surface area contributed by atoms with E-state index < -0.39 is 5.97 Å². The molecule has 0 bridgehead atoms. The van der Waals surface area contributed by atoms with E-state index in [0.29, 0.717) is 5.56 Å². The summed E-state index contributed by atoms with van der Waals surface area (Å²) in [5, 5.41) is 19.5. The molecule has 1 aromatic carbocycles. The van der Waals surface area contributed by atoms with Crippen LogP contribution < -0.4 is 0 Å². The summed E-state index contributed by atoms with van der Waals surface area (Å²) in [4.78, 5) is 11.4. The molecule has 0 spiro atoms. The second kappa shape index (κ2) is 4.04. The molecule has 2 N–H and O–H groups in total. The molecule has 0 aliphatic rings. The van der Waals surface area contributed by atoms with Crippen molar-refractivity contribution in [2.24, 2.45) is 0 Å². The summed E-state index contributed by atoms with van der Waals surface area (Å²) >= 11 is 0. The third-order valence-corrected chi connectivity index (χ3v) is 2.35. The number of phenolic OH excluding ortho intramolecular Hbond substituents is 2. The summed E-state index contributed by atoms with van der Waals surface area (Å²) in [7, 11) is 1.20. The van der Waals surface area contributed by atoms with Crippen LogP contribution in [0, 0.1) is 0 Å². The van der Waals surface area contributed by atoms with Gasteiger partial charge in [0, 0.05) is 5.56 Å². The molecule has 4 heteroatoms. The number of benzene rings is 1. The van der Waals surface area contributed by atoms with Gasteiger partial charge in [0.2, 0.25) is 0 Å². The van der Waals surface area contributed by atoms with Crippen molar-refractivity contribution in [3.05, 3.63) is 23.3 Å². The fourth-order valence-corrected chi connectivity index (χ4v) is 1.49. The summed E-state index contributed by atoms with van der Waals surface area (Å²) < 4.78 is 4.51. The van der Waals surface area contributed by atoms with Crippen LogP contribution in [0.1, 0.15) is 36.7 Å². The van der Waals surface area contributed by atoms with E-state index in [1.807, 2.05) is 20.8 Å². The molecule has 0 fully saturated rings. The van der Waals surface area contributed by atoms with E-state index in [4.69, 9.17) is 0 Å². The number of ether oxygens (including phenoxy) is 1. The van der Waals surface area contributed by atoms with Gasteiger partial charge in [0.15, 0.2) is 0 Å². The van der Waals surface area contributed by atoms with Gasteiger partial charge in [0.25, 0.3) is 0 Å². The van der Waals surface area contributed by atoms with Gasteiger partial charge in [0.05, 0.1) is 7.11 Å². The molecule has 88 valence electrons. The van der Waals surface area contributed by atoms with Crippen molar-refractivity contribution in [1.82, 2.24) is 0 Å². The first-order valence-corrected chi connectivity index (χ1v) is 4.92. The highest BCUT2D eigenvalue weighted by molar-refractivity contribution is 5.96. The van der Waals surface area contributed by atoms with Gasteiger partial charge in [-0.15, -0.1) is 0 Å². The van der Waals surface area contributed by atoms with E-state index in [9.17, 15) is 15.0 Å². The lowest BCUT2D eigenvalue weighted by Crippen LogP contribution is -2.13. The average molecular weight is 224 g/mol. The van der Waals surface area contributed by atoms with E-state index in [0.717, 1.165) is 0 Å². The number of hydrogen-bond acceptors (Lipinski definition) is 4. The monoisotopic (exact) mass is 224 g/mol. The van der Waals surface area contributed by atoms with Crippen LogP contribution in [0.3, 0.4) is 0 Å². The van der Waals surface area contributed by atoms with Crippen molar-refractivity contribution in [2.45, 2.75) is 26.2 Å². The van der Waals surface area contributed by atoms with Gasteiger partial charge < -0.3 is 14.9 Å². The summed E-state index contributed by atoms with van der Waals surface area (Å²) in [5.41, 5.74) is 0.0845. The summed E-state index contributed by atoms with van der Waals surface area (Å²) in [6.07, 6.45) is 0. The zero-order chi connectivity index (χ0) is 12.5. The highest BCUT2D eigenvalue weighted by Gasteiger charge is 2.25. The summed E-state index contributed by atoms with van der Waals surface area (Å²) in [5.74, 6) is -1.25. The molecule has 0 radical (unpaired) electrons.